The summed E-state index contributed by atoms with van der Waals surface area (Å²) in [4.78, 5) is 13.9. The van der Waals surface area contributed by atoms with Crippen molar-refractivity contribution < 1.29 is 9.32 Å². The second-order valence-corrected chi connectivity index (χ2v) is 1.51. The Morgan fingerprint density at radius 3 is 2.67 bits per heavy atom. The fourth-order valence-corrected chi connectivity index (χ4v) is 0.378. The van der Waals surface area contributed by atoms with Crippen molar-refractivity contribution in [1.29, 1.82) is 0 Å². The van der Waals surface area contributed by atoms with Crippen LogP contribution in [0.3, 0.4) is 0 Å². The molecule has 0 aromatic carbocycles. The van der Waals surface area contributed by atoms with Gasteiger partial charge in [-0.3, -0.25) is 4.79 Å². The van der Waals surface area contributed by atoms with Crippen molar-refractivity contribution in [2.75, 3.05) is 5.73 Å². The van der Waals surface area contributed by atoms with Gasteiger partial charge in [0, 0.05) is 6.92 Å². The van der Waals surface area contributed by atoms with Crippen LogP contribution in [0.25, 0.3) is 0 Å². The van der Waals surface area contributed by atoms with Crippen molar-refractivity contribution >= 4 is 11.7 Å². The average molecular weight is 127 g/mol. The number of carbonyl (C=O) groups is 1. The maximum absolute atomic E-state index is 10.4. The molecule has 0 fully saturated rings. The van der Waals surface area contributed by atoms with Gasteiger partial charge in [-0.15, -0.1) is 0 Å². The summed E-state index contributed by atoms with van der Waals surface area (Å²) in [5.41, 5.74) is 5.05. The molecule has 1 heterocycles. The molecule has 0 bridgehead atoms. The highest BCUT2D eigenvalue weighted by Crippen LogP contribution is 1.96. The number of nitrogens with zero attached hydrogens (tertiary/aromatic N) is 2. The van der Waals surface area contributed by atoms with Gasteiger partial charge in [0.1, 0.15) is 0 Å². The molecule has 0 amide bonds. The lowest BCUT2D eigenvalue weighted by Crippen LogP contribution is -1.92. The Morgan fingerprint density at radius 1 is 1.78 bits per heavy atom. The summed E-state index contributed by atoms with van der Waals surface area (Å²) < 4.78 is 4.39. The summed E-state index contributed by atoms with van der Waals surface area (Å²) in [6.07, 6.45) is 0. The van der Waals surface area contributed by atoms with Crippen molar-refractivity contribution in [2.45, 2.75) is 6.92 Å². The summed E-state index contributed by atoms with van der Waals surface area (Å²) in [7, 11) is 0. The van der Waals surface area contributed by atoms with Crippen LogP contribution in [-0.4, -0.2) is 15.9 Å². The third-order valence-electron chi connectivity index (χ3n) is 0.743. The Labute approximate surface area is 50.8 Å². The Hall–Kier alpha value is -1.39. The highest BCUT2D eigenvalue weighted by Gasteiger charge is 2.06. The topological polar surface area (TPSA) is 82.0 Å². The van der Waals surface area contributed by atoms with Crippen LogP contribution in [0.1, 0.15) is 17.6 Å². The van der Waals surface area contributed by atoms with Crippen LogP contribution < -0.4 is 5.73 Å². The predicted molar refractivity (Wildman–Crippen MR) is 28.7 cm³/mol. The fraction of sp³-hybridized carbons (Fsp3) is 0.250. The van der Waals surface area contributed by atoms with Crippen molar-refractivity contribution in [2.24, 2.45) is 0 Å². The quantitative estimate of drug-likeness (QED) is 0.530. The molecule has 1 rings (SSSR count). The zero-order valence-electron chi connectivity index (χ0n) is 4.79. The minimum absolute atomic E-state index is 0.0137. The van der Waals surface area contributed by atoms with Gasteiger partial charge >= 0.3 is 0 Å². The summed E-state index contributed by atoms with van der Waals surface area (Å²) in [5.74, 6) is -0.341. The van der Waals surface area contributed by atoms with E-state index in [1.54, 1.807) is 0 Å². The third-order valence-corrected chi connectivity index (χ3v) is 0.743. The number of nitrogen functional groups attached to an aromatic ring is 1. The number of rotatable bonds is 1. The van der Waals surface area contributed by atoms with E-state index >= 15 is 0 Å². The fourth-order valence-electron chi connectivity index (χ4n) is 0.378. The van der Waals surface area contributed by atoms with Crippen molar-refractivity contribution in [3.8, 4) is 0 Å². The largest absolute Gasteiger partial charge is 0.365 e. The number of carbonyl (C=O) groups excluding carboxylic acids is 1. The average Bonchev–Trinajstić information content (AvgIpc) is 2.14. The number of ketones is 1. The van der Waals surface area contributed by atoms with Crippen molar-refractivity contribution in [1.82, 2.24) is 10.1 Å². The van der Waals surface area contributed by atoms with Gasteiger partial charge in [0.05, 0.1) is 0 Å². The molecule has 1 aromatic rings. The molecule has 0 saturated carbocycles. The molecule has 0 atom stereocenters. The highest BCUT2D eigenvalue weighted by atomic mass is 16.5. The minimum atomic E-state index is -0.279. The normalized spacial score (nSPS) is 9.44. The number of hydrogen-bond acceptors (Lipinski definition) is 5. The summed E-state index contributed by atoms with van der Waals surface area (Å²) in [6.45, 7) is 1.33. The van der Waals surface area contributed by atoms with Gasteiger partial charge in [0.2, 0.25) is 5.78 Å². The van der Waals surface area contributed by atoms with E-state index in [9.17, 15) is 4.79 Å². The van der Waals surface area contributed by atoms with Gasteiger partial charge in [-0.1, -0.05) is 0 Å². The first-order chi connectivity index (χ1) is 4.20. The van der Waals surface area contributed by atoms with Gasteiger partial charge in [0.15, 0.2) is 0 Å². The van der Waals surface area contributed by atoms with Crippen LogP contribution in [0.15, 0.2) is 4.52 Å². The molecule has 48 valence electrons. The Kier molecular flexibility index (Phi) is 1.18. The van der Waals surface area contributed by atoms with Crippen LogP contribution >= 0.6 is 0 Å². The minimum Gasteiger partial charge on any atom is -0.365 e. The van der Waals surface area contributed by atoms with E-state index in [1.165, 1.54) is 6.92 Å². The number of nitrogens with two attached hydrogens (primary N) is 1. The maximum atomic E-state index is 10.4. The predicted octanol–water partition coefficient (Wildman–Crippen LogP) is -0.146. The van der Waals surface area contributed by atoms with Gasteiger partial charge in [-0.05, 0) is 5.16 Å². The number of hydrogen-bond donors (Lipinski definition) is 1. The molecule has 0 aliphatic heterocycles. The first kappa shape index (κ1) is 5.74. The molecular formula is C4H5N3O2. The monoisotopic (exact) mass is 127 g/mol. The number of aromatic nitrogens is 2. The van der Waals surface area contributed by atoms with E-state index in [1.807, 2.05) is 0 Å². The first-order valence-corrected chi connectivity index (χ1v) is 2.30. The summed E-state index contributed by atoms with van der Waals surface area (Å²) >= 11 is 0. The van der Waals surface area contributed by atoms with Crippen LogP contribution in [-0.2, 0) is 0 Å². The van der Waals surface area contributed by atoms with Gasteiger partial charge in [-0.2, -0.15) is 4.98 Å². The number of Topliss-reactive ketones (excluding diaryl/α,β-unsaturated/α-hetero) is 1. The molecule has 0 aliphatic carbocycles. The summed E-state index contributed by atoms with van der Waals surface area (Å²) in [5, 5.41) is 3.21. The summed E-state index contributed by atoms with van der Waals surface area (Å²) in [6, 6.07) is 0. The highest BCUT2D eigenvalue weighted by molar-refractivity contribution is 5.89. The van der Waals surface area contributed by atoms with Crippen LogP contribution in [0.2, 0.25) is 0 Å². The third kappa shape index (κ3) is 1.04. The van der Waals surface area contributed by atoms with E-state index in [0.29, 0.717) is 0 Å². The molecular weight excluding hydrogens is 122 g/mol. The zero-order valence-corrected chi connectivity index (χ0v) is 4.79. The molecule has 5 heteroatoms. The van der Waals surface area contributed by atoms with E-state index in [0.717, 1.165) is 0 Å². The van der Waals surface area contributed by atoms with E-state index in [4.69, 9.17) is 5.73 Å². The maximum Gasteiger partial charge on any atom is 0.295 e. The second-order valence-electron chi connectivity index (χ2n) is 1.51. The standard InChI is InChI=1S/C4H5N3O2/c1-2(8)3-6-4(5)7-9-3/h1H3,(H2,5,7). The molecule has 5 nitrogen and oxygen atoms in total. The van der Waals surface area contributed by atoms with Crippen LogP contribution in [0, 0.1) is 0 Å². The SMILES string of the molecule is CC(=O)c1nc(N)no1. The molecule has 0 saturated heterocycles. The van der Waals surface area contributed by atoms with Crippen molar-refractivity contribution in [3.63, 3.8) is 0 Å². The molecule has 0 aliphatic rings. The van der Waals surface area contributed by atoms with Gasteiger partial charge in [-0.25, -0.2) is 0 Å². The first-order valence-electron chi connectivity index (χ1n) is 2.30. The lowest BCUT2D eigenvalue weighted by atomic mass is 10.5. The lowest BCUT2D eigenvalue weighted by molar-refractivity contribution is 0.0972. The lowest BCUT2D eigenvalue weighted by Gasteiger charge is -1.75. The molecule has 2 N–H and O–H groups in total. The molecule has 0 unspecified atom stereocenters. The van der Waals surface area contributed by atoms with Crippen LogP contribution in [0.4, 0.5) is 5.95 Å². The van der Waals surface area contributed by atoms with Crippen molar-refractivity contribution in [3.05, 3.63) is 5.89 Å². The molecule has 1 aromatic heterocycles. The van der Waals surface area contributed by atoms with Gasteiger partial charge < -0.3 is 10.3 Å². The van der Waals surface area contributed by atoms with Crippen LogP contribution in [0.5, 0.6) is 0 Å². The second kappa shape index (κ2) is 1.85. The van der Waals surface area contributed by atoms with Gasteiger partial charge in [0.25, 0.3) is 11.8 Å². The molecule has 9 heavy (non-hydrogen) atoms. The molecule has 0 spiro atoms. The zero-order chi connectivity index (χ0) is 6.85. The molecule has 0 radical (unpaired) electrons. The smallest absolute Gasteiger partial charge is 0.295 e. The van der Waals surface area contributed by atoms with E-state index < -0.39 is 0 Å². The van der Waals surface area contributed by atoms with E-state index in [-0.39, 0.29) is 17.6 Å². The Balaban J connectivity index is 2.98. The Bertz CT molecular complexity index is 229. The van der Waals surface area contributed by atoms with E-state index in [2.05, 4.69) is 14.7 Å². The Morgan fingerprint density at radius 2 is 2.44 bits per heavy atom. The number of anilines is 1.